The largest absolute Gasteiger partial charge is 0.330 e. The molecule has 0 bridgehead atoms. The summed E-state index contributed by atoms with van der Waals surface area (Å²) in [6.45, 7) is 4.38. The van der Waals surface area contributed by atoms with Crippen molar-refractivity contribution in [3.05, 3.63) is 28.2 Å². The van der Waals surface area contributed by atoms with Crippen LogP contribution in [-0.2, 0) is 0 Å². The zero-order valence-corrected chi connectivity index (χ0v) is 8.03. The van der Waals surface area contributed by atoms with Crippen LogP contribution in [0.2, 0.25) is 0 Å². The molecule has 1 rings (SSSR count). The third-order valence-corrected chi connectivity index (χ3v) is 1.96. The summed E-state index contributed by atoms with van der Waals surface area (Å²) in [6, 6.07) is 3.33. The summed E-state index contributed by atoms with van der Waals surface area (Å²) in [7, 11) is 0. The monoisotopic (exact) mass is 181 g/mol. The maximum absolute atomic E-state index is 11.3. The number of rotatable bonds is 3. The van der Waals surface area contributed by atoms with Crippen LogP contribution >= 0.6 is 0 Å². The van der Waals surface area contributed by atoms with Crippen molar-refractivity contribution in [3.63, 3.8) is 0 Å². The van der Waals surface area contributed by atoms with Crippen LogP contribution in [0.25, 0.3) is 0 Å². The van der Waals surface area contributed by atoms with Gasteiger partial charge in [0, 0.05) is 6.07 Å². The van der Waals surface area contributed by atoms with E-state index in [9.17, 15) is 4.79 Å². The first kappa shape index (κ1) is 9.92. The Morgan fingerprint density at radius 1 is 1.62 bits per heavy atom. The Labute approximate surface area is 77.4 Å². The maximum atomic E-state index is 11.3. The fourth-order valence-electron chi connectivity index (χ4n) is 1.20. The van der Waals surface area contributed by atoms with Crippen LogP contribution < -0.4 is 11.3 Å². The number of hydrogen-bond donors (Lipinski definition) is 1. The Kier molecular flexibility index (Phi) is 3.19. The van der Waals surface area contributed by atoms with E-state index >= 15 is 0 Å². The molecule has 0 saturated carbocycles. The lowest BCUT2D eigenvalue weighted by atomic mass is 10.2. The molecular formula is C9H15N3O. The standard InChI is InChI=1S/C9H15N3O/c1-7-3-4-9(13)12(11-7)8(2)5-6-10/h3-4,8H,5-6,10H2,1-2H3/t8-/m1/s1. The first-order valence-electron chi connectivity index (χ1n) is 4.41. The van der Waals surface area contributed by atoms with Crippen molar-refractivity contribution in [3.8, 4) is 0 Å². The lowest BCUT2D eigenvalue weighted by molar-refractivity contribution is 0.439. The zero-order valence-electron chi connectivity index (χ0n) is 8.03. The van der Waals surface area contributed by atoms with Crippen molar-refractivity contribution in [1.82, 2.24) is 9.78 Å². The van der Waals surface area contributed by atoms with Crippen molar-refractivity contribution in [2.75, 3.05) is 6.54 Å². The van der Waals surface area contributed by atoms with Gasteiger partial charge in [-0.25, -0.2) is 4.68 Å². The topological polar surface area (TPSA) is 60.9 Å². The summed E-state index contributed by atoms with van der Waals surface area (Å²) < 4.78 is 1.49. The number of nitrogens with zero attached hydrogens (tertiary/aromatic N) is 2. The number of hydrogen-bond acceptors (Lipinski definition) is 3. The van der Waals surface area contributed by atoms with E-state index in [-0.39, 0.29) is 11.6 Å². The van der Waals surface area contributed by atoms with Crippen LogP contribution in [-0.4, -0.2) is 16.3 Å². The summed E-state index contributed by atoms with van der Waals surface area (Å²) in [5.41, 5.74) is 6.20. The van der Waals surface area contributed by atoms with Gasteiger partial charge in [-0.15, -0.1) is 0 Å². The van der Waals surface area contributed by atoms with E-state index in [1.54, 1.807) is 6.07 Å². The second-order valence-corrected chi connectivity index (χ2v) is 3.18. The van der Waals surface area contributed by atoms with Crippen molar-refractivity contribution < 1.29 is 0 Å². The molecule has 4 heteroatoms. The number of aryl methyl sites for hydroxylation is 1. The molecule has 0 radical (unpaired) electrons. The quantitative estimate of drug-likeness (QED) is 0.737. The van der Waals surface area contributed by atoms with Gasteiger partial charge in [0.15, 0.2) is 0 Å². The highest BCUT2D eigenvalue weighted by Crippen LogP contribution is 2.03. The van der Waals surface area contributed by atoms with E-state index in [1.807, 2.05) is 13.8 Å². The molecule has 0 aliphatic heterocycles. The minimum Gasteiger partial charge on any atom is -0.330 e. The summed E-state index contributed by atoms with van der Waals surface area (Å²) in [6.07, 6.45) is 0.774. The summed E-state index contributed by atoms with van der Waals surface area (Å²) in [4.78, 5) is 11.3. The first-order valence-corrected chi connectivity index (χ1v) is 4.41. The molecule has 0 spiro atoms. The molecule has 0 saturated heterocycles. The summed E-state index contributed by atoms with van der Waals surface area (Å²) in [5.74, 6) is 0. The zero-order chi connectivity index (χ0) is 9.84. The minimum absolute atomic E-state index is 0.0634. The van der Waals surface area contributed by atoms with E-state index in [2.05, 4.69) is 5.10 Å². The van der Waals surface area contributed by atoms with Crippen LogP contribution in [0.3, 0.4) is 0 Å². The minimum atomic E-state index is -0.0634. The van der Waals surface area contributed by atoms with Crippen LogP contribution in [0.4, 0.5) is 0 Å². The van der Waals surface area contributed by atoms with Gasteiger partial charge in [0.25, 0.3) is 5.56 Å². The van der Waals surface area contributed by atoms with Crippen LogP contribution in [0, 0.1) is 6.92 Å². The van der Waals surface area contributed by atoms with Gasteiger partial charge in [-0.3, -0.25) is 4.79 Å². The highest BCUT2D eigenvalue weighted by atomic mass is 16.1. The average molecular weight is 181 g/mol. The lowest BCUT2D eigenvalue weighted by Crippen LogP contribution is -2.26. The van der Waals surface area contributed by atoms with Gasteiger partial charge in [0.1, 0.15) is 0 Å². The molecule has 0 aliphatic carbocycles. The van der Waals surface area contributed by atoms with Gasteiger partial charge in [0.2, 0.25) is 0 Å². The molecule has 4 nitrogen and oxygen atoms in total. The van der Waals surface area contributed by atoms with E-state index in [0.29, 0.717) is 6.54 Å². The van der Waals surface area contributed by atoms with Gasteiger partial charge in [0.05, 0.1) is 11.7 Å². The highest BCUT2D eigenvalue weighted by molar-refractivity contribution is 4.97. The van der Waals surface area contributed by atoms with Crippen molar-refractivity contribution >= 4 is 0 Å². The smallest absolute Gasteiger partial charge is 0.266 e. The summed E-state index contributed by atoms with van der Waals surface area (Å²) >= 11 is 0. The van der Waals surface area contributed by atoms with Gasteiger partial charge in [-0.2, -0.15) is 5.10 Å². The molecule has 0 aliphatic rings. The second-order valence-electron chi connectivity index (χ2n) is 3.18. The van der Waals surface area contributed by atoms with Crippen LogP contribution in [0.5, 0.6) is 0 Å². The Bertz CT molecular complexity index is 332. The lowest BCUT2D eigenvalue weighted by Gasteiger charge is -2.12. The molecule has 0 fully saturated rings. The normalized spacial score (nSPS) is 12.8. The second kappa shape index (κ2) is 4.18. The molecule has 0 aromatic carbocycles. The molecule has 0 amide bonds. The van der Waals surface area contributed by atoms with Gasteiger partial charge >= 0.3 is 0 Å². The molecule has 1 aromatic heterocycles. The summed E-state index contributed by atoms with van der Waals surface area (Å²) in [5, 5.41) is 4.14. The SMILES string of the molecule is Cc1ccc(=O)n([C@H](C)CCN)n1. The first-order chi connectivity index (χ1) is 6.15. The van der Waals surface area contributed by atoms with Crippen molar-refractivity contribution in [1.29, 1.82) is 0 Å². The van der Waals surface area contributed by atoms with E-state index in [1.165, 1.54) is 10.7 Å². The number of nitrogens with two attached hydrogens (primary N) is 1. The molecule has 2 N–H and O–H groups in total. The third kappa shape index (κ3) is 2.39. The van der Waals surface area contributed by atoms with Crippen molar-refractivity contribution in [2.45, 2.75) is 26.3 Å². The predicted molar refractivity (Wildman–Crippen MR) is 51.6 cm³/mol. The van der Waals surface area contributed by atoms with E-state index in [0.717, 1.165) is 12.1 Å². The highest BCUT2D eigenvalue weighted by Gasteiger charge is 2.06. The molecule has 1 atom stereocenters. The van der Waals surface area contributed by atoms with Crippen LogP contribution in [0.1, 0.15) is 25.1 Å². The van der Waals surface area contributed by atoms with Gasteiger partial charge in [-0.1, -0.05) is 0 Å². The average Bonchev–Trinajstić information content (AvgIpc) is 2.09. The molecule has 1 aromatic rings. The Morgan fingerprint density at radius 2 is 2.31 bits per heavy atom. The fourth-order valence-corrected chi connectivity index (χ4v) is 1.20. The van der Waals surface area contributed by atoms with E-state index in [4.69, 9.17) is 5.73 Å². The Morgan fingerprint density at radius 3 is 2.92 bits per heavy atom. The maximum Gasteiger partial charge on any atom is 0.266 e. The van der Waals surface area contributed by atoms with Gasteiger partial charge in [-0.05, 0) is 32.9 Å². The van der Waals surface area contributed by atoms with Crippen molar-refractivity contribution in [2.24, 2.45) is 5.73 Å². The van der Waals surface area contributed by atoms with Crippen LogP contribution in [0.15, 0.2) is 16.9 Å². The Hall–Kier alpha value is -1.16. The number of aromatic nitrogens is 2. The molecule has 1 heterocycles. The molecule has 72 valence electrons. The molecule has 13 heavy (non-hydrogen) atoms. The molecular weight excluding hydrogens is 166 g/mol. The fraction of sp³-hybridized carbons (Fsp3) is 0.556. The third-order valence-electron chi connectivity index (χ3n) is 1.96. The van der Waals surface area contributed by atoms with E-state index < -0.39 is 0 Å². The predicted octanol–water partition coefficient (Wildman–Crippen LogP) is 0.462. The van der Waals surface area contributed by atoms with Gasteiger partial charge < -0.3 is 5.73 Å². The molecule has 0 unspecified atom stereocenters. The Balaban J connectivity index is 2.99.